The highest BCUT2D eigenvalue weighted by Gasteiger charge is 2.12. The van der Waals surface area contributed by atoms with E-state index >= 15 is 0 Å². The van der Waals surface area contributed by atoms with Crippen molar-refractivity contribution >= 4 is 0 Å². The van der Waals surface area contributed by atoms with Gasteiger partial charge in [0, 0.05) is 12.1 Å². The number of rotatable bonds is 5. The Bertz CT molecular complexity index is 458. The van der Waals surface area contributed by atoms with Crippen LogP contribution < -0.4 is 14.8 Å². The third-order valence-corrected chi connectivity index (χ3v) is 2.54. The maximum Gasteiger partial charge on any atom is 0.181 e. The first kappa shape index (κ1) is 15.3. The molecule has 19 heavy (non-hydrogen) atoms. The summed E-state index contributed by atoms with van der Waals surface area (Å²) in [5, 5.41) is 12.2. The van der Waals surface area contributed by atoms with Crippen LogP contribution in [-0.2, 0) is 6.54 Å². The molecule has 4 nitrogen and oxygen atoms in total. The van der Waals surface area contributed by atoms with Gasteiger partial charge >= 0.3 is 0 Å². The van der Waals surface area contributed by atoms with Gasteiger partial charge in [0.25, 0.3) is 0 Å². The lowest BCUT2D eigenvalue weighted by molar-refractivity contribution is 0.260. The van der Waals surface area contributed by atoms with Gasteiger partial charge in [-0.1, -0.05) is 6.07 Å². The van der Waals surface area contributed by atoms with E-state index in [4.69, 9.17) is 14.7 Å². The molecule has 1 aromatic rings. The number of methoxy groups -OCH3 is 1. The zero-order valence-electron chi connectivity index (χ0n) is 12.3. The second kappa shape index (κ2) is 6.44. The van der Waals surface area contributed by atoms with Crippen LogP contribution in [0.25, 0.3) is 0 Å². The molecule has 0 aliphatic rings. The normalized spacial score (nSPS) is 12.6. The van der Waals surface area contributed by atoms with Crippen LogP contribution in [-0.4, -0.2) is 18.8 Å². The molecule has 1 rings (SSSR count). The summed E-state index contributed by atoms with van der Waals surface area (Å²) in [6.45, 7) is 8.82. The number of nitriles is 1. The molecular formula is C15H22N2O2. The lowest BCUT2D eigenvalue weighted by Crippen LogP contribution is -2.35. The van der Waals surface area contributed by atoms with Crippen molar-refractivity contribution in [2.75, 3.05) is 7.11 Å². The molecule has 1 N–H and O–H groups in total. The number of ether oxygens (including phenoxy) is 2. The van der Waals surface area contributed by atoms with Gasteiger partial charge in [-0.05, 0) is 45.4 Å². The minimum Gasteiger partial charge on any atom is -0.493 e. The molecule has 0 radical (unpaired) electrons. The highest BCUT2D eigenvalue weighted by atomic mass is 16.5. The van der Waals surface area contributed by atoms with Crippen molar-refractivity contribution in [3.05, 3.63) is 23.8 Å². The van der Waals surface area contributed by atoms with Gasteiger partial charge in [0.1, 0.15) is 6.07 Å². The van der Waals surface area contributed by atoms with E-state index < -0.39 is 6.10 Å². The Morgan fingerprint density at radius 3 is 2.53 bits per heavy atom. The summed E-state index contributed by atoms with van der Waals surface area (Å²) in [4.78, 5) is 0. The minimum absolute atomic E-state index is 0.0672. The standard InChI is InChI=1S/C15H22N2O2/c1-11(9-16)19-13-7-6-12(8-14(13)18-5)10-17-15(2,3)4/h6-8,11,17H,10H2,1-5H3. The van der Waals surface area contributed by atoms with Crippen molar-refractivity contribution in [1.29, 1.82) is 5.26 Å². The predicted octanol–water partition coefficient (Wildman–Crippen LogP) is 2.87. The van der Waals surface area contributed by atoms with Crippen molar-refractivity contribution < 1.29 is 9.47 Å². The number of hydrogen-bond donors (Lipinski definition) is 1. The third-order valence-electron chi connectivity index (χ3n) is 2.54. The maximum atomic E-state index is 8.76. The van der Waals surface area contributed by atoms with E-state index in [1.165, 1.54) is 0 Å². The Kier molecular flexibility index (Phi) is 5.20. The Morgan fingerprint density at radius 2 is 2.00 bits per heavy atom. The molecule has 0 aromatic heterocycles. The van der Waals surface area contributed by atoms with Crippen LogP contribution >= 0.6 is 0 Å². The Hall–Kier alpha value is -1.73. The van der Waals surface area contributed by atoms with Crippen LogP contribution in [0.1, 0.15) is 33.3 Å². The van der Waals surface area contributed by atoms with Crippen molar-refractivity contribution in [2.24, 2.45) is 0 Å². The summed E-state index contributed by atoms with van der Waals surface area (Å²) in [7, 11) is 1.60. The third kappa shape index (κ3) is 5.19. The van der Waals surface area contributed by atoms with Crippen LogP contribution in [0.4, 0.5) is 0 Å². The molecule has 0 aliphatic carbocycles. The zero-order valence-corrected chi connectivity index (χ0v) is 12.3. The molecule has 0 heterocycles. The Balaban J connectivity index is 2.81. The molecule has 0 amide bonds. The Morgan fingerprint density at radius 1 is 1.32 bits per heavy atom. The molecule has 0 saturated carbocycles. The lowest BCUT2D eigenvalue weighted by Gasteiger charge is -2.21. The molecule has 0 saturated heterocycles. The average Bonchev–Trinajstić information content (AvgIpc) is 2.36. The van der Waals surface area contributed by atoms with Crippen molar-refractivity contribution in [1.82, 2.24) is 5.32 Å². The molecule has 0 fully saturated rings. The number of benzene rings is 1. The summed E-state index contributed by atoms with van der Waals surface area (Å²) in [5.41, 5.74) is 1.18. The van der Waals surface area contributed by atoms with Crippen molar-refractivity contribution in [3.8, 4) is 17.6 Å². The van der Waals surface area contributed by atoms with Crippen LogP contribution in [0.3, 0.4) is 0 Å². The summed E-state index contributed by atoms with van der Waals surface area (Å²) in [5.74, 6) is 1.24. The minimum atomic E-state index is -0.493. The van der Waals surface area contributed by atoms with Crippen LogP contribution in [0.5, 0.6) is 11.5 Å². The first-order chi connectivity index (χ1) is 8.85. The van der Waals surface area contributed by atoms with Gasteiger partial charge in [0.2, 0.25) is 0 Å². The maximum absolute atomic E-state index is 8.76. The summed E-state index contributed by atoms with van der Waals surface area (Å²) in [6.07, 6.45) is -0.493. The van der Waals surface area contributed by atoms with Gasteiger partial charge < -0.3 is 14.8 Å². The van der Waals surface area contributed by atoms with Gasteiger partial charge in [-0.25, -0.2) is 0 Å². The fourth-order valence-electron chi connectivity index (χ4n) is 1.50. The smallest absolute Gasteiger partial charge is 0.181 e. The first-order valence-electron chi connectivity index (χ1n) is 6.34. The quantitative estimate of drug-likeness (QED) is 0.886. The monoisotopic (exact) mass is 262 g/mol. The van der Waals surface area contributed by atoms with Crippen LogP contribution in [0, 0.1) is 11.3 Å². The van der Waals surface area contributed by atoms with Crippen molar-refractivity contribution in [3.63, 3.8) is 0 Å². The molecule has 4 heteroatoms. The number of hydrogen-bond acceptors (Lipinski definition) is 4. The van der Waals surface area contributed by atoms with Gasteiger partial charge in [-0.3, -0.25) is 0 Å². The van der Waals surface area contributed by atoms with E-state index in [1.54, 1.807) is 14.0 Å². The highest BCUT2D eigenvalue weighted by molar-refractivity contribution is 5.43. The van der Waals surface area contributed by atoms with E-state index in [2.05, 4.69) is 26.1 Å². The average molecular weight is 262 g/mol. The van der Waals surface area contributed by atoms with Crippen LogP contribution in [0.15, 0.2) is 18.2 Å². The second-order valence-electron chi connectivity index (χ2n) is 5.48. The number of nitrogens with one attached hydrogen (secondary N) is 1. The summed E-state index contributed by atoms with van der Waals surface area (Å²) in [6, 6.07) is 7.78. The van der Waals surface area contributed by atoms with E-state index in [9.17, 15) is 0 Å². The van der Waals surface area contributed by atoms with Gasteiger partial charge in [0.15, 0.2) is 17.6 Å². The summed E-state index contributed by atoms with van der Waals surface area (Å²) >= 11 is 0. The predicted molar refractivity (Wildman–Crippen MR) is 75.3 cm³/mol. The highest BCUT2D eigenvalue weighted by Crippen LogP contribution is 2.29. The fraction of sp³-hybridized carbons (Fsp3) is 0.533. The molecule has 1 atom stereocenters. The van der Waals surface area contributed by atoms with Gasteiger partial charge in [0.05, 0.1) is 7.11 Å². The first-order valence-corrected chi connectivity index (χ1v) is 6.34. The molecule has 104 valence electrons. The van der Waals surface area contributed by atoms with E-state index in [1.807, 2.05) is 24.3 Å². The van der Waals surface area contributed by atoms with Crippen molar-refractivity contribution in [2.45, 2.75) is 45.9 Å². The fourth-order valence-corrected chi connectivity index (χ4v) is 1.50. The zero-order chi connectivity index (χ0) is 14.5. The lowest BCUT2D eigenvalue weighted by atomic mass is 10.1. The van der Waals surface area contributed by atoms with Crippen LogP contribution in [0.2, 0.25) is 0 Å². The topological polar surface area (TPSA) is 54.3 Å². The largest absolute Gasteiger partial charge is 0.493 e. The molecular weight excluding hydrogens is 240 g/mol. The molecule has 0 bridgehead atoms. The molecule has 0 spiro atoms. The molecule has 1 aromatic carbocycles. The van der Waals surface area contributed by atoms with E-state index in [0.29, 0.717) is 11.5 Å². The van der Waals surface area contributed by atoms with E-state index in [-0.39, 0.29) is 5.54 Å². The summed E-state index contributed by atoms with van der Waals surface area (Å²) < 4.78 is 10.8. The van der Waals surface area contributed by atoms with E-state index in [0.717, 1.165) is 12.1 Å². The Labute approximate surface area is 115 Å². The van der Waals surface area contributed by atoms with Gasteiger partial charge in [-0.15, -0.1) is 0 Å². The molecule has 1 unspecified atom stereocenters. The molecule has 0 aliphatic heterocycles. The number of nitrogens with zero attached hydrogens (tertiary/aromatic N) is 1. The SMILES string of the molecule is COc1cc(CNC(C)(C)C)ccc1OC(C)C#N. The second-order valence-corrected chi connectivity index (χ2v) is 5.48. The van der Waals surface area contributed by atoms with Gasteiger partial charge in [-0.2, -0.15) is 5.26 Å².